The third kappa shape index (κ3) is 4.35. The lowest BCUT2D eigenvalue weighted by atomic mass is 10.00. The average Bonchev–Trinajstić information content (AvgIpc) is 2.72. The maximum atomic E-state index is 13.0. The Balaban J connectivity index is 1.45. The largest absolute Gasteiger partial charge is 0.490 e. The number of benzene rings is 2. The van der Waals surface area contributed by atoms with Gasteiger partial charge in [-0.25, -0.2) is 13.1 Å². The first kappa shape index (κ1) is 20.8. The normalized spacial score (nSPS) is 17.6. The number of nitrogens with zero attached hydrogens (tertiary/aromatic N) is 2. The van der Waals surface area contributed by atoms with Crippen LogP contribution in [0.1, 0.15) is 25.0 Å². The van der Waals surface area contributed by atoms with Crippen LogP contribution in [-0.2, 0) is 27.8 Å². The van der Waals surface area contributed by atoms with Gasteiger partial charge in [0.25, 0.3) is 0 Å². The number of amides is 1. The highest BCUT2D eigenvalue weighted by molar-refractivity contribution is 7.89. The predicted molar refractivity (Wildman–Crippen MR) is 115 cm³/mol. The van der Waals surface area contributed by atoms with Crippen LogP contribution in [0.5, 0.6) is 5.75 Å². The third-order valence-corrected chi connectivity index (χ3v) is 7.17. The van der Waals surface area contributed by atoms with Gasteiger partial charge in [-0.3, -0.25) is 9.69 Å². The Morgan fingerprint density at radius 1 is 1.17 bits per heavy atom. The molecule has 8 heteroatoms. The van der Waals surface area contributed by atoms with Gasteiger partial charge in [0, 0.05) is 32.6 Å². The number of carbonyl (C=O) groups is 1. The second-order valence-corrected chi connectivity index (χ2v) is 9.64. The van der Waals surface area contributed by atoms with Crippen molar-refractivity contribution in [1.82, 2.24) is 9.62 Å². The van der Waals surface area contributed by atoms with Crippen LogP contribution in [-0.4, -0.2) is 51.5 Å². The summed E-state index contributed by atoms with van der Waals surface area (Å²) in [6, 6.07) is 12.8. The summed E-state index contributed by atoms with van der Waals surface area (Å²) in [6.45, 7) is 6.51. The third-order valence-electron chi connectivity index (χ3n) is 5.58. The number of rotatable bonds is 5. The number of ether oxygens (including phenoxy) is 1. The number of fused-ring (bicyclic) bond motifs is 2. The lowest BCUT2D eigenvalue weighted by Crippen LogP contribution is -2.43. The number of sulfonamides is 1. The lowest BCUT2D eigenvalue weighted by molar-refractivity contribution is -0.116. The average molecular weight is 430 g/mol. The Labute approximate surface area is 177 Å². The molecule has 2 aromatic rings. The van der Waals surface area contributed by atoms with E-state index in [0.29, 0.717) is 31.1 Å². The first-order valence-electron chi connectivity index (χ1n) is 10.2. The van der Waals surface area contributed by atoms with E-state index < -0.39 is 10.0 Å². The lowest BCUT2D eigenvalue weighted by Gasteiger charge is -2.31. The molecule has 2 aliphatic rings. The fourth-order valence-electron chi connectivity index (χ4n) is 4.16. The minimum Gasteiger partial charge on any atom is -0.490 e. The number of anilines is 1. The molecule has 0 saturated heterocycles. The topological polar surface area (TPSA) is 78.9 Å². The zero-order chi connectivity index (χ0) is 21.3. The standard InChI is InChI=1S/C22H27N3O4S/c1-16(14-24-10-9-18-5-3-4-6-19(18)15-24)23-30(27,28)20-7-8-22-21(13-20)25(17(2)26)11-12-29-22/h3-8,13,16,23H,9-12,14-15H2,1-2H3/t16-/m1/s1. The van der Waals surface area contributed by atoms with Crippen LogP contribution in [0, 0.1) is 0 Å². The summed E-state index contributed by atoms with van der Waals surface area (Å²) in [4.78, 5) is 15.9. The van der Waals surface area contributed by atoms with Crippen LogP contribution in [0.4, 0.5) is 5.69 Å². The zero-order valence-corrected chi connectivity index (χ0v) is 18.1. The molecule has 2 aromatic carbocycles. The summed E-state index contributed by atoms with van der Waals surface area (Å²) in [5.41, 5.74) is 3.17. The summed E-state index contributed by atoms with van der Waals surface area (Å²) in [5.74, 6) is 0.385. The number of nitrogens with one attached hydrogen (secondary N) is 1. The Hall–Kier alpha value is -2.42. The van der Waals surface area contributed by atoms with Gasteiger partial charge in [0.05, 0.1) is 17.1 Å². The Morgan fingerprint density at radius 2 is 1.93 bits per heavy atom. The maximum absolute atomic E-state index is 13.0. The van der Waals surface area contributed by atoms with E-state index in [9.17, 15) is 13.2 Å². The van der Waals surface area contributed by atoms with Gasteiger partial charge in [-0.2, -0.15) is 0 Å². The van der Waals surface area contributed by atoms with Crippen LogP contribution in [0.3, 0.4) is 0 Å². The van der Waals surface area contributed by atoms with Crippen molar-refractivity contribution < 1.29 is 17.9 Å². The van der Waals surface area contributed by atoms with Crippen LogP contribution >= 0.6 is 0 Å². The van der Waals surface area contributed by atoms with Gasteiger partial charge in [-0.15, -0.1) is 0 Å². The fourth-order valence-corrected chi connectivity index (χ4v) is 5.41. The first-order valence-corrected chi connectivity index (χ1v) is 11.7. The second kappa shape index (κ2) is 8.37. The van der Waals surface area contributed by atoms with Crippen LogP contribution < -0.4 is 14.4 Å². The van der Waals surface area contributed by atoms with E-state index in [1.807, 2.05) is 13.0 Å². The van der Waals surface area contributed by atoms with E-state index in [2.05, 4.69) is 27.8 Å². The Kier molecular flexibility index (Phi) is 5.81. The van der Waals surface area contributed by atoms with Crippen molar-refractivity contribution in [3.05, 3.63) is 53.6 Å². The van der Waals surface area contributed by atoms with Crippen LogP contribution in [0.2, 0.25) is 0 Å². The van der Waals surface area contributed by atoms with E-state index in [-0.39, 0.29) is 16.8 Å². The number of carbonyl (C=O) groups excluding carboxylic acids is 1. The van der Waals surface area contributed by atoms with Gasteiger partial charge in [-0.1, -0.05) is 24.3 Å². The highest BCUT2D eigenvalue weighted by atomic mass is 32.2. The van der Waals surface area contributed by atoms with Gasteiger partial charge in [-0.05, 0) is 42.7 Å². The molecule has 0 spiro atoms. The second-order valence-electron chi connectivity index (χ2n) is 7.92. The van der Waals surface area contributed by atoms with Gasteiger partial charge in [0.2, 0.25) is 15.9 Å². The number of hydrogen-bond acceptors (Lipinski definition) is 5. The molecule has 0 bridgehead atoms. The van der Waals surface area contributed by atoms with Crippen molar-refractivity contribution >= 4 is 21.6 Å². The summed E-state index contributed by atoms with van der Waals surface area (Å²) in [7, 11) is -3.72. The zero-order valence-electron chi connectivity index (χ0n) is 17.3. The smallest absolute Gasteiger partial charge is 0.240 e. The SMILES string of the molecule is CC(=O)N1CCOc2ccc(S(=O)(=O)N[C@H](C)CN3CCc4ccccc4C3)cc21. The van der Waals surface area contributed by atoms with E-state index in [1.165, 1.54) is 30.2 Å². The van der Waals surface area contributed by atoms with Gasteiger partial charge in [0.1, 0.15) is 12.4 Å². The molecule has 2 aliphatic heterocycles. The van der Waals surface area contributed by atoms with Crippen molar-refractivity contribution in [2.45, 2.75) is 37.8 Å². The summed E-state index contributed by atoms with van der Waals surface area (Å²) >= 11 is 0. The van der Waals surface area contributed by atoms with E-state index >= 15 is 0 Å². The van der Waals surface area contributed by atoms with Crippen molar-refractivity contribution in [1.29, 1.82) is 0 Å². The molecule has 160 valence electrons. The molecule has 30 heavy (non-hydrogen) atoms. The molecule has 0 saturated carbocycles. The maximum Gasteiger partial charge on any atom is 0.240 e. The van der Waals surface area contributed by atoms with Crippen LogP contribution in [0.25, 0.3) is 0 Å². The summed E-state index contributed by atoms with van der Waals surface area (Å²) in [6.07, 6.45) is 0.974. The Morgan fingerprint density at radius 3 is 2.70 bits per heavy atom. The monoisotopic (exact) mass is 429 g/mol. The number of hydrogen-bond donors (Lipinski definition) is 1. The van der Waals surface area contributed by atoms with E-state index in [4.69, 9.17) is 4.74 Å². The highest BCUT2D eigenvalue weighted by Crippen LogP contribution is 2.34. The minimum atomic E-state index is -3.72. The van der Waals surface area contributed by atoms with Gasteiger partial charge in [0.15, 0.2) is 0 Å². The first-order chi connectivity index (χ1) is 14.3. The molecule has 7 nitrogen and oxygen atoms in total. The molecule has 1 atom stereocenters. The Bertz CT molecular complexity index is 1050. The highest BCUT2D eigenvalue weighted by Gasteiger charge is 2.26. The molecule has 4 rings (SSSR count). The van der Waals surface area contributed by atoms with Crippen LogP contribution in [0.15, 0.2) is 47.4 Å². The molecular weight excluding hydrogens is 402 g/mol. The molecule has 0 aromatic heterocycles. The quantitative estimate of drug-likeness (QED) is 0.788. The predicted octanol–water partition coefficient (Wildman–Crippen LogP) is 2.16. The fraction of sp³-hybridized carbons (Fsp3) is 0.409. The van der Waals surface area contributed by atoms with Crippen molar-refractivity contribution in [2.24, 2.45) is 0 Å². The van der Waals surface area contributed by atoms with Crippen molar-refractivity contribution in [3.8, 4) is 5.75 Å². The van der Waals surface area contributed by atoms with E-state index in [1.54, 1.807) is 11.0 Å². The molecule has 1 amide bonds. The van der Waals surface area contributed by atoms with Gasteiger partial charge < -0.3 is 9.64 Å². The molecule has 0 aliphatic carbocycles. The minimum absolute atomic E-state index is 0.133. The molecule has 0 fully saturated rings. The summed E-state index contributed by atoms with van der Waals surface area (Å²) in [5, 5.41) is 0. The summed E-state index contributed by atoms with van der Waals surface area (Å²) < 4.78 is 34.3. The molecule has 2 heterocycles. The van der Waals surface area contributed by atoms with Gasteiger partial charge >= 0.3 is 0 Å². The molecular formula is C22H27N3O4S. The van der Waals surface area contributed by atoms with Crippen molar-refractivity contribution in [2.75, 3.05) is 31.1 Å². The molecule has 0 radical (unpaired) electrons. The molecule has 0 unspecified atom stereocenters. The van der Waals surface area contributed by atoms with E-state index in [0.717, 1.165) is 19.5 Å². The van der Waals surface area contributed by atoms with Crippen molar-refractivity contribution in [3.63, 3.8) is 0 Å². The molecule has 1 N–H and O–H groups in total.